The predicted molar refractivity (Wildman–Crippen MR) is 121 cm³/mol. The Morgan fingerprint density at radius 1 is 0.879 bits per heavy atom. The van der Waals surface area contributed by atoms with Gasteiger partial charge in [-0.1, -0.05) is 0 Å². The number of carbonyl (C=O) groups is 5. The standard InChI is InChI=1S/C17H32N8O7S/c18-8(6-26)13(28)23-9(3-4-12(19)27)14(29)25-11(7-33)15(30)24-10(16(31)32)2-1-5-22-17(20)21/h8-11,26,33H,1-7,18H2,(H2,19,27)(H,23,28)(H,24,30)(H,25,29)(H,31,32)(H4,20,21,22). The molecule has 0 radical (unpaired) electrons. The van der Waals surface area contributed by atoms with Crippen molar-refractivity contribution in [3.05, 3.63) is 0 Å². The molecule has 0 saturated carbocycles. The van der Waals surface area contributed by atoms with Crippen LogP contribution in [-0.4, -0.2) is 88.8 Å². The van der Waals surface area contributed by atoms with Crippen LogP contribution in [0.4, 0.5) is 0 Å². The van der Waals surface area contributed by atoms with Gasteiger partial charge in [-0.05, 0) is 19.3 Å². The number of carboxylic acids is 1. The first-order valence-corrected chi connectivity index (χ1v) is 10.5. The fraction of sp³-hybridized carbons (Fsp3) is 0.647. The summed E-state index contributed by atoms with van der Waals surface area (Å²) in [6.07, 6.45) is -0.184. The van der Waals surface area contributed by atoms with Crippen LogP contribution in [0.5, 0.6) is 0 Å². The molecule has 33 heavy (non-hydrogen) atoms. The van der Waals surface area contributed by atoms with Gasteiger partial charge in [-0.2, -0.15) is 12.6 Å². The summed E-state index contributed by atoms with van der Waals surface area (Å²) in [7, 11) is 0. The molecule has 13 N–H and O–H groups in total. The normalized spacial score (nSPS) is 14.2. The van der Waals surface area contributed by atoms with Crippen molar-refractivity contribution in [3.8, 4) is 0 Å². The number of primary amides is 1. The molecule has 0 heterocycles. The van der Waals surface area contributed by atoms with E-state index in [2.05, 4.69) is 33.6 Å². The van der Waals surface area contributed by atoms with Gasteiger partial charge in [-0.25, -0.2) is 4.79 Å². The van der Waals surface area contributed by atoms with Crippen molar-refractivity contribution in [1.29, 1.82) is 0 Å². The molecule has 0 bridgehead atoms. The van der Waals surface area contributed by atoms with E-state index in [4.69, 9.17) is 28.0 Å². The molecular formula is C17H32N8O7S. The van der Waals surface area contributed by atoms with E-state index in [1.165, 1.54) is 0 Å². The van der Waals surface area contributed by atoms with Crippen LogP contribution in [0.15, 0.2) is 4.99 Å². The van der Waals surface area contributed by atoms with Crippen LogP contribution in [-0.2, 0) is 24.0 Å². The van der Waals surface area contributed by atoms with E-state index in [0.717, 1.165) is 0 Å². The summed E-state index contributed by atoms with van der Waals surface area (Å²) in [4.78, 5) is 63.3. The van der Waals surface area contributed by atoms with E-state index in [1.54, 1.807) is 0 Å². The minimum atomic E-state index is -1.31. The van der Waals surface area contributed by atoms with E-state index >= 15 is 0 Å². The minimum Gasteiger partial charge on any atom is -0.480 e. The first-order chi connectivity index (χ1) is 15.4. The first kappa shape index (κ1) is 29.9. The fourth-order valence-electron chi connectivity index (χ4n) is 2.42. The highest BCUT2D eigenvalue weighted by atomic mass is 32.1. The molecule has 0 saturated heterocycles. The third-order valence-corrected chi connectivity index (χ3v) is 4.59. The van der Waals surface area contributed by atoms with Crippen LogP contribution in [0.25, 0.3) is 0 Å². The Bertz CT molecular complexity index is 732. The van der Waals surface area contributed by atoms with E-state index in [1.807, 2.05) is 0 Å². The summed E-state index contributed by atoms with van der Waals surface area (Å²) in [5.74, 6) is -4.95. The van der Waals surface area contributed by atoms with Crippen molar-refractivity contribution in [2.45, 2.75) is 49.9 Å². The number of nitrogens with zero attached hydrogens (tertiary/aromatic N) is 1. The number of aliphatic hydroxyl groups excluding tert-OH is 1. The van der Waals surface area contributed by atoms with Gasteiger partial charge in [0.05, 0.1) is 6.61 Å². The lowest BCUT2D eigenvalue weighted by Crippen LogP contribution is -2.58. The SMILES string of the molecule is NC(=O)CCC(NC(=O)C(N)CO)C(=O)NC(CS)C(=O)NC(CCCN=C(N)N)C(=O)O. The molecule has 15 nitrogen and oxygen atoms in total. The maximum atomic E-state index is 12.6. The topological polar surface area (TPSA) is 278 Å². The summed E-state index contributed by atoms with van der Waals surface area (Å²) in [5.41, 5.74) is 20.9. The molecule has 0 rings (SSSR count). The quantitative estimate of drug-likeness (QED) is 0.0424. The lowest BCUT2D eigenvalue weighted by Gasteiger charge is -2.24. The maximum Gasteiger partial charge on any atom is 0.326 e. The van der Waals surface area contributed by atoms with Gasteiger partial charge in [-0.15, -0.1) is 0 Å². The molecule has 0 aromatic rings. The van der Waals surface area contributed by atoms with Gasteiger partial charge in [0.1, 0.15) is 24.2 Å². The zero-order valence-corrected chi connectivity index (χ0v) is 18.8. The van der Waals surface area contributed by atoms with Gasteiger partial charge in [0.15, 0.2) is 5.96 Å². The third-order valence-electron chi connectivity index (χ3n) is 4.22. The smallest absolute Gasteiger partial charge is 0.326 e. The Labute approximate surface area is 195 Å². The predicted octanol–water partition coefficient (Wildman–Crippen LogP) is -4.91. The lowest BCUT2D eigenvalue weighted by molar-refractivity contribution is -0.142. The van der Waals surface area contributed by atoms with E-state index < -0.39 is 60.4 Å². The summed E-state index contributed by atoms with van der Waals surface area (Å²) < 4.78 is 0. The lowest BCUT2D eigenvalue weighted by atomic mass is 10.1. The summed E-state index contributed by atoms with van der Waals surface area (Å²) in [5, 5.41) is 25.2. The number of hydrogen-bond acceptors (Lipinski definition) is 9. The molecular weight excluding hydrogens is 460 g/mol. The molecule has 16 heteroatoms. The van der Waals surface area contributed by atoms with Crippen LogP contribution in [0.3, 0.4) is 0 Å². The van der Waals surface area contributed by atoms with Crippen molar-refractivity contribution in [1.82, 2.24) is 16.0 Å². The second-order valence-corrected chi connectivity index (χ2v) is 7.31. The number of nitrogens with one attached hydrogen (secondary N) is 3. The second-order valence-electron chi connectivity index (χ2n) is 6.95. The number of carboxylic acid groups (broad SMARTS) is 1. The van der Waals surface area contributed by atoms with Crippen molar-refractivity contribution >= 4 is 48.2 Å². The number of aliphatic carboxylic acids is 1. The molecule has 0 aliphatic heterocycles. The Kier molecular flexibility index (Phi) is 14.2. The van der Waals surface area contributed by atoms with Gasteiger partial charge in [0, 0.05) is 18.7 Å². The third kappa shape index (κ3) is 12.5. The fourth-order valence-corrected chi connectivity index (χ4v) is 2.67. The van der Waals surface area contributed by atoms with Crippen molar-refractivity contribution in [2.75, 3.05) is 18.9 Å². The Balaban J connectivity index is 5.18. The zero-order valence-electron chi connectivity index (χ0n) is 17.9. The molecule has 0 aromatic heterocycles. The monoisotopic (exact) mass is 492 g/mol. The van der Waals surface area contributed by atoms with Crippen LogP contribution in [0.2, 0.25) is 0 Å². The van der Waals surface area contributed by atoms with Gasteiger partial charge in [0.2, 0.25) is 23.6 Å². The second kappa shape index (κ2) is 15.7. The van der Waals surface area contributed by atoms with Gasteiger partial charge < -0.3 is 49.1 Å². The molecule has 0 aromatic carbocycles. The number of thiol groups is 1. The molecule has 0 aliphatic carbocycles. The molecule has 4 unspecified atom stereocenters. The average Bonchev–Trinajstić information content (AvgIpc) is 2.75. The van der Waals surface area contributed by atoms with Crippen molar-refractivity contribution in [3.63, 3.8) is 0 Å². The number of guanidine groups is 1. The first-order valence-electron chi connectivity index (χ1n) is 9.87. The molecule has 0 aliphatic rings. The number of rotatable bonds is 16. The van der Waals surface area contributed by atoms with Crippen LogP contribution in [0, 0.1) is 0 Å². The van der Waals surface area contributed by atoms with Gasteiger partial charge in [-0.3, -0.25) is 24.2 Å². The molecule has 4 amide bonds. The number of hydrogen-bond donors (Lipinski definition) is 10. The van der Waals surface area contributed by atoms with E-state index in [0.29, 0.717) is 0 Å². The van der Waals surface area contributed by atoms with Crippen LogP contribution >= 0.6 is 12.6 Å². The molecule has 4 atom stereocenters. The van der Waals surface area contributed by atoms with E-state index in [-0.39, 0.29) is 43.9 Å². The number of aliphatic hydroxyl groups is 1. The van der Waals surface area contributed by atoms with Gasteiger partial charge >= 0.3 is 5.97 Å². The summed E-state index contributed by atoms with van der Waals surface area (Å²) in [6, 6.07) is -5.15. The molecule has 188 valence electrons. The van der Waals surface area contributed by atoms with Gasteiger partial charge in [0.25, 0.3) is 0 Å². The highest BCUT2D eigenvalue weighted by Gasteiger charge is 2.29. The number of nitrogens with two attached hydrogens (primary N) is 4. The molecule has 0 spiro atoms. The van der Waals surface area contributed by atoms with Crippen LogP contribution < -0.4 is 38.9 Å². The maximum absolute atomic E-state index is 12.6. The number of amides is 4. The highest BCUT2D eigenvalue weighted by molar-refractivity contribution is 7.80. The number of aliphatic imine (C=N–C) groups is 1. The number of carbonyl (C=O) groups excluding carboxylic acids is 4. The summed E-state index contributed by atoms with van der Waals surface area (Å²) >= 11 is 4.00. The van der Waals surface area contributed by atoms with Crippen LogP contribution in [0.1, 0.15) is 25.7 Å². The summed E-state index contributed by atoms with van der Waals surface area (Å²) in [6.45, 7) is -0.524. The Hall–Kier alpha value is -3.11. The largest absolute Gasteiger partial charge is 0.480 e. The van der Waals surface area contributed by atoms with Crippen molar-refractivity contribution < 1.29 is 34.2 Å². The molecule has 0 fully saturated rings. The van der Waals surface area contributed by atoms with E-state index in [9.17, 15) is 29.1 Å². The minimum absolute atomic E-state index is 0.0153. The average molecular weight is 493 g/mol. The Morgan fingerprint density at radius 3 is 1.91 bits per heavy atom. The highest BCUT2D eigenvalue weighted by Crippen LogP contribution is 2.03. The zero-order chi connectivity index (χ0) is 25.6. The Morgan fingerprint density at radius 2 is 1.42 bits per heavy atom. The van der Waals surface area contributed by atoms with Crippen molar-refractivity contribution in [2.24, 2.45) is 27.9 Å².